The Kier molecular flexibility index (Phi) is 4.35. The highest BCUT2D eigenvalue weighted by atomic mass is 15.3. The van der Waals surface area contributed by atoms with E-state index >= 15 is 0 Å². The van der Waals surface area contributed by atoms with Crippen molar-refractivity contribution in [3.05, 3.63) is 17.5 Å². The molecule has 82 valence electrons. The lowest BCUT2D eigenvalue weighted by Gasteiger charge is -2.14. The Morgan fingerprint density at radius 2 is 2.47 bits per heavy atom. The van der Waals surface area contributed by atoms with E-state index in [4.69, 9.17) is 12.3 Å². The molecule has 1 unspecified atom stereocenters. The second kappa shape index (κ2) is 5.54. The average Bonchev–Trinajstić information content (AvgIpc) is 2.53. The second-order valence-corrected chi connectivity index (χ2v) is 3.66. The molecule has 3 N–H and O–H groups in total. The molecule has 1 heterocycles. The van der Waals surface area contributed by atoms with Crippen LogP contribution >= 0.6 is 0 Å². The van der Waals surface area contributed by atoms with Crippen molar-refractivity contribution in [1.29, 1.82) is 0 Å². The lowest BCUT2D eigenvalue weighted by atomic mass is 10.0. The molecular formula is C11H18N4. The van der Waals surface area contributed by atoms with Crippen molar-refractivity contribution in [2.45, 2.75) is 32.2 Å². The molecule has 0 amide bonds. The van der Waals surface area contributed by atoms with Gasteiger partial charge in [0.05, 0.1) is 5.69 Å². The van der Waals surface area contributed by atoms with Gasteiger partial charge in [0.1, 0.15) is 0 Å². The first-order valence-corrected chi connectivity index (χ1v) is 5.08. The van der Waals surface area contributed by atoms with Gasteiger partial charge in [-0.25, -0.2) is 0 Å². The summed E-state index contributed by atoms with van der Waals surface area (Å²) in [4.78, 5) is 0. The van der Waals surface area contributed by atoms with Crippen LogP contribution < -0.4 is 11.3 Å². The van der Waals surface area contributed by atoms with Gasteiger partial charge in [0.2, 0.25) is 0 Å². The van der Waals surface area contributed by atoms with Crippen molar-refractivity contribution in [2.75, 3.05) is 0 Å². The highest BCUT2D eigenvalue weighted by Gasteiger charge is 2.14. The molecular weight excluding hydrogens is 188 g/mol. The van der Waals surface area contributed by atoms with Crippen LogP contribution in [0.5, 0.6) is 0 Å². The summed E-state index contributed by atoms with van der Waals surface area (Å²) in [6.07, 6.45) is 9.91. The Morgan fingerprint density at radius 3 is 2.93 bits per heavy atom. The Morgan fingerprint density at radius 1 is 1.73 bits per heavy atom. The molecule has 0 radical (unpaired) electrons. The summed E-state index contributed by atoms with van der Waals surface area (Å²) in [5.41, 5.74) is 4.97. The first-order valence-electron chi connectivity index (χ1n) is 5.08. The third kappa shape index (κ3) is 3.08. The standard InChI is InChI=1S/C11H18N4/c1-4-5-6-7-11(13-12)10-8-15(3)14-9(10)2/h1,8,11,13H,5-7,12H2,2-3H3. The molecule has 0 fully saturated rings. The van der Waals surface area contributed by atoms with E-state index in [0.717, 1.165) is 30.5 Å². The summed E-state index contributed by atoms with van der Waals surface area (Å²) in [5, 5.41) is 4.29. The topological polar surface area (TPSA) is 55.9 Å². The van der Waals surface area contributed by atoms with Crippen molar-refractivity contribution in [2.24, 2.45) is 12.9 Å². The number of aromatic nitrogens is 2. The van der Waals surface area contributed by atoms with E-state index in [1.165, 1.54) is 0 Å². The van der Waals surface area contributed by atoms with Crippen molar-refractivity contribution < 1.29 is 0 Å². The first-order chi connectivity index (χ1) is 7.19. The van der Waals surface area contributed by atoms with Gasteiger partial charge in [-0.05, 0) is 19.8 Å². The van der Waals surface area contributed by atoms with Crippen molar-refractivity contribution in [3.8, 4) is 12.3 Å². The van der Waals surface area contributed by atoms with Crippen LogP contribution in [0.15, 0.2) is 6.20 Å². The number of nitrogens with zero attached hydrogens (tertiary/aromatic N) is 2. The Bertz CT molecular complexity index is 348. The molecule has 0 aliphatic rings. The number of hydrogen-bond donors (Lipinski definition) is 2. The van der Waals surface area contributed by atoms with Gasteiger partial charge in [-0.3, -0.25) is 16.0 Å². The van der Waals surface area contributed by atoms with Crippen LogP contribution in [0.3, 0.4) is 0 Å². The van der Waals surface area contributed by atoms with Crippen molar-refractivity contribution in [3.63, 3.8) is 0 Å². The summed E-state index contributed by atoms with van der Waals surface area (Å²) in [5.74, 6) is 8.16. The summed E-state index contributed by atoms with van der Waals surface area (Å²) >= 11 is 0. The molecule has 1 atom stereocenters. The molecule has 0 saturated carbocycles. The molecule has 0 bridgehead atoms. The van der Waals surface area contributed by atoms with Gasteiger partial charge in [0, 0.05) is 31.3 Å². The molecule has 4 nitrogen and oxygen atoms in total. The minimum atomic E-state index is 0.145. The van der Waals surface area contributed by atoms with Gasteiger partial charge < -0.3 is 0 Å². The molecule has 15 heavy (non-hydrogen) atoms. The minimum absolute atomic E-state index is 0.145. The van der Waals surface area contributed by atoms with Crippen LogP contribution in [0.25, 0.3) is 0 Å². The second-order valence-electron chi connectivity index (χ2n) is 3.66. The smallest absolute Gasteiger partial charge is 0.0641 e. The van der Waals surface area contributed by atoms with E-state index in [2.05, 4.69) is 16.4 Å². The van der Waals surface area contributed by atoms with Crippen LogP contribution in [-0.4, -0.2) is 9.78 Å². The lowest BCUT2D eigenvalue weighted by molar-refractivity contribution is 0.500. The predicted molar refractivity (Wildman–Crippen MR) is 60.7 cm³/mol. The van der Waals surface area contributed by atoms with E-state index < -0.39 is 0 Å². The van der Waals surface area contributed by atoms with Gasteiger partial charge in [0.15, 0.2) is 0 Å². The number of nitrogens with one attached hydrogen (secondary N) is 1. The van der Waals surface area contributed by atoms with E-state index in [-0.39, 0.29) is 6.04 Å². The molecule has 0 saturated heterocycles. The van der Waals surface area contributed by atoms with E-state index in [1.807, 2.05) is 20.2 Å². The molecule has 0 aliphatic carbocycles. The molecule has 0 aromatic carbocycles. The SMILES string of the molecule is C#CCCCC(NN)c1cn(C)nc1C. The van der Waals surface area contributed by atoms with Crippen LogP contribution in [-0.2, 0) is 7.05 Å². The minimum Gasteiger partial charge on any atom is -0.275 e. The summed E-state index contributed by atoms with van der Waals surface area (Å²) < 4.78 is 1.80. The molecule has 4 heteroatoms. The molecule has 1 aromatic rings. The zero-order valence-corrected chi connectivity index (χ0v) is 9.33. The van der Waals surface area contributed by atoms with Crippen LogP contribution in [0.1, 0.15) is 36.6 Å². The van der Waals surface area contributed by atoms with E-state index in [9.17, 15) is 0 Å². The summed E-state index contributed by atoms with van der Waals surface area (Å²) in [6, 6.07) is 0.145. The van der Waals surface area contributed by atoms with Gasteiger partial charge in [-0.15, -0.1) is 12.3 Å². The van der Waals surface area contributed by atoms with Crippen LogP contribution in [0.2, 0.25) is 0 Å². The summed E-state index contributed by atoms with van der Waals surface area (Å²) in [6.45, 7) is 1.99. The number of nitrogens with two attached hydrogens (primary N) is 1. The van der Waals surface area contributed by atoms with Crippen molar-refractivity contribution >= 4 is 0 Å². The number of unbranched alkanes of at least 4 members (excludes halogenated alkanes) is 1. The highest BCUT2D eigenvalue weighted by molar-refractivity contribution is 5.19. The maximum atomic E-state index is 5.53. The predicted octanol–water partition coefficient (Wildman–Crippen LogP) is 1.04. The Hall–Kier alpha value is -1.31. The van der Waals surface area contributed by atoms with E-state index in [0.29, 0.717) is 0 Å². The molecule has 0 spiro atoms. The fraction of sp³-hybridized carbons (Fsp3) is 0.545. The van der Waals surface area contributed by atoms with Crippen LogP contribution in [0.4, 0.5) is 0 Å². The van der Waals surface area contributed by atoms with Gasteiger partial charge >= 0.3 is 0 Å². The lowest BCUT2D eigenvalue weighted by Crippen LogP contribution is -2.28. The third-order valence-corrected chi connectivity index (χ3v) is 2.44. The van der Waals surface area contributed by atoms with Gasteiger partial charge in [0.25, 0.3) is 0 Å². The Labute approximate surface area is 90.8 Å². The zero-order chi connectivity index (χ0) is 11.3. The Balaban J connectivity index is 2.66. The third-order valence-electron chi connectivity index (χ3n) is 2.44. The monoisotopic (exact) mass is 206 g/mol. The van der Waals surface area contributed by atoms with Crippen molar-refractivity contribution in [1.82, 2.24) is 15.2 Å². The fourth-order valence-corrected chi connectivity index (χ4v) is 1.70. The van der Waals surface area contributed by atoms with Gasteiger partial charge in [-0.1, -0.05) is 0 Å². The average molecular weight is 206 g/mol. The number of hydrazine groups is 1. The van der Waals surface area contributed by atoms with Crippen LogP contribution in [0, 0.1) is 19.3 Å². The van der Waals surface area contributed by atoms with Gasteiger partial charge in [-0.2, -0.15) is 5.10 Å². The number of rotatable bonds is 5. The van der Waals surface area contributed by atoms with E-state index in [1.54, 1.807) is 4.68 Å². The fourth-order valence-electron chi connectivity index (χ4n) is 1.70. The molecule has 0 aliphatic heterocycles. The molecule has 1 aromatic heterocycles. The summed E-state index contributed by atoms with van der Waals surface area (Å²) in [7, 11) is 1.91. The highest BCUT2D eigenvalue weighted by Crippen LogP contribution is 2.20. The maximum absolute atomic E-state index is 5.53. The first kappa shape index (κ1) is 11.8. The number of aryl methyl sites for hydroxylation is 2. The maximum Gasteiger partial charge on any atom is 0.0641 e. The largest absolute Gasteiger partial charge is 0.275 e. The number of hydrogen-bond acceptors (Lipinski definition) is 3. The normalized spacial score (nSPS) is 12.4. The molecule has 1 rings (SSSR count). The number of terminal acetylenes is 1. The zero-order valence-electron chi connectivity index (χ0n) is 9.33. The quantitative estimate of drug-likeness (QED) is 0.327.